The molecule has 2 heterocycles. The number of aliphatic hydroxyl groups excluding tert-OH is 1. The highest BCUT2D eigenvalue weighted by Crippen LogP contribution is 2.48. The molecule has 0 bridgehead atoms. The number of fused-ring (bicyclic) bond motifs is 3. The van der Waals surface area contributed by atoms with Gasteiger partial charge in [-0.15, -0.1) is 11.8 Å². The SMILES string of the molecule is CC[C@H](C)[C@H](NC(=O)[C@H]1CS[C@@H]2c3ccccc3C(=O)N12)C(=O)N[C@H](CO)C(C)C. The first-order valence-electron chi connectivity index (χ1n) is 10.5. The van der Waals surface area contributed by atoms with Crippen LogP contribution in [0.5, 0.6) is 0 Å². The van der Waals surface area contributed by atoms with Crippen molar-refractivity contribution in [3.05, 3.63) is 35.4 Å². The molecule has 30 heavy (non-hydrogen) atoms. The monoisotopic (exact) mass is 433 g/mol. The van der Waals surface area contributed by atoms with Crippen LogP contribution < -0.4 is 10.6 Å². The fraction of sp³-hybridized carbons (Fsp3) is 0.591. The molecule has 2 aliphatic rings. The third-order valence-corrected chi connectivity index (χ3v) is 7.42. The van der Waals surface area contributed by atoms with Crippen molar-refractivity contribution in [2.75, 3.05) is 12.4 Å². The second-order valence-electron chi connectivity index (χ2n) is 8.41. The maximum Gasteiger partial charge on any atom is 0.256 e. The smallest absolute Gasteiger partial charge is 0.256 e. The number of nitrogens with zero attached hydrogens (tertiary/aromatic N) is 1. The van der Waals surface area contributed by atoms with Gasteiger partial charge in [-0.25, -0.2) is 0 Å². The maximum atomic E-state index is 13.2. The Hall–Kier alpha value is -2.06. The van der Waals surface area contributed by atoms with E-state index in [1.54, 1.807) is 22.7 Å². The molecule has 2 aliphatic heterocycles. The van der Waals surface area contributed by atoms with Gasteiger partial charge in [0, 0.05) is 11.3 Å². The van der Waals surface area contributed by atoms with Gasteiger partial charge in [-0.1, -0.05) is 52.3 Å². The summed E-state index contributed by atoms with van der Waals surface area (Å²) in [7, 11) is 0. The quantitative estimate of drug-likeness (QED) is 0.582. The summed E-state index contributed by atoms with van der Waals surface area (Å²) in [6, 6.07) is 5.75. The number of hydrogen-bond acceptors (Lipinski definition) is 5. The summed E-state index contributed by atoms with van der Waals surface area (Å²) < 4.78 is 0. The highest BCUT2D eigenvalue weighted by atomic mass is 32.2. The number of rotatable bonds is 8. The molecule has 1 aromatic carbocycles. The minimum Gasteiger partial charge on any atom is -0.394 e. The van der Waals surface area contributed by atoms with E-state index in [-0.39, 0.29) is 47.6 Å². The van der Waals surface area contributed by atoms with Gasteiger partial charge in [-0.05, 0) is 23.5 Å². The summed E-state index contributed by atoms with van der Waals surface area (Å²) in [5.41, 5.74) is 1.59. The third kappa shape index (κ3) is 4.21. The zero-order valence-corrected chi connectivity index (χ0v) is 18.7. The normalized spacial score (nSPS) is 23.0. The molecule has 0 aromatic heterocycles. The molecule has 3 amide bonds. The number of carbonyl (C=O) groups excluding carboxylic acids is 3. The van der Waals surface area contributed by atoms with E-state index in [4.69, 9.17) is 0 Å². The molecule has 0 saturated carbocycles. The Morgan fingerprint density at radius 3 is 2.57 bits per heavy atom. The number of aliphatic hydroxyl groups is 1. The molecule has 8 heteroatoms. The topological polar surface area (TPSA) is 98.7 Å². The number of benzene rings is 1. The zero-order chi connectivity index (χ0) is 22.0. The number of hydrogen-bond donors (Lipinski definition) is 3. The molecule has 164 valence electrons. The fourth-order valence-corrected chi connectivity index (χ4v) is 5.35. The van der Waals surface area contributed by atoms with Gasteiger partial charge in [0.2, 0.25) is 11.8 Å². The van der Waals surface area contributed by atoms with Crippen molar-refractivity contribution in [2.24, 2.45) is 11.8 Å². The van der Waals surface area contributed by atoms with Crippen LogP contribution in [-0.2, 0) is 9.59 Å². The molecule has 7 nitrogen and oxygen atoms in total. The van der Waals surface area contributed by atoms with Gasteiger partial charge in [0.15, 0.2) is 0 Å². The Kier molecular flexibility index (Phi) is 7.08. The number of nitrogens with one attached hydrogen (secondary N) is 2. The van der Waals surface area contributed by atoms with Crippen LogP contribution in [0.15, 0.2) is 24.3 Å². The maximum absolute atomic E-state index is 13.2. The first kappa shape index (κ1) is 22.6. The molecule has 3 N–H and O–H groups in total. The van der Waals surface area contributed by atoms with Gasteiger partial charge in [-0.2, -0.15) is 0 Å². The first-order chi connectivity index (χ1) is 14.3. The third-order valence-electron chi connectivity index (χ3n) is 6.12. The minimum atomic E-state index is -0.723. The largest absolute Gasteiger partial charge is 0.394 e. The summed E-state index contributed by atoms with van der Waals surface area (Å²) in [5, 5.41) is 15.1. The first-order valence-corrected chi connectivity index (χ1v) is 11.6. The number of amides is 3. The van der Waals surface area contributed by atoms with Crippen molar-refractivity contribution in [1.29, 1.82) is 0 Å². The van der Waals surface area contributed by atoms with Gasteiger partial charge in [0.25, 0.3) is 5.91 Å². The number of thioether (sulfide) groups is 1. The molecular formula is C22H31N3O4S. The average Bonchev–Trinajstić information content (AvgIpc) is 3.29. The average molecular weight is 434 g/mol. The Bertz CT molecular complexity index is 815. The van der Waals surface area contributed by atoms with E-state index in [1.807, 2.05) is 45.9 Å². The second kappa shape index (κ2) is 9.39. The Balaban J connectivity index is 1.74. The lowest BCUT2D eigenvalue weighted by Crippen LogP contribution is -2.57. The minimum absolute atomic E-state index is 0.0694. The van der Waals surface area contributed by atoms with E-state index in [0.29, 0.717) is 17.7 Å². The van der Waals surface area contributed by atoms with E-state index >= 15 is 0 Å². The highest BCUT2D eigenvalue weighted by Gasteiger charge is 2.48. The lowest BCUT2D eigenvalue weighted by atomic mass is 9.96. The summed E-state index contributed by atoms with van der Waals surface area (Å²) in [4.78, 5) is 40.6. The van der Waals surface area contributed by atoms with E-state index in [2.05, 4.69) is 10.6 Å². The Morgan fingerprint density at radius 1 is 1.23 bits per heavy atom. The van der Waals surface area contributed by atoms with Crippen molar-refractivity contribution in [3.63, 3.8) is 0 Å². The van der Waals surface area contributed by atoms with Gasteiger partial charge >= 0.3 is 0 Å². The highest BCUT2D eigenvalue weighted by molar-refractivity contribution is 7.99. The molecular weight excluding hydrogens is 402 g/mol. The Labute approximate surface area is 182 Å². The van der Waals surface area contributed by atoms with Crippen LogP contribution in [0.2, 0.25) is 0 Å². The van der Waals surface area contributed by atoms with Crippen LogP contribution in [-0.4, -0.2) is 58.2 Å². The molecule has 5 atom stereocenters. The molecule has 0 unspecified atom stereocenters. The molecule has 1 saturated heterocycles. The van der Waals surface area contributed by atoms with Crippen molar-refractivity contribution in [3.8, 4) is 0 Å². The summed E-state index contributed by atoms with van der Waals surface area (Å²) in [6.07, 6.45) is 0.708. The predicted molar refractivity (Wildman–Crippen MR) is 117 cm³/mol. The van der Waals surface area contributed by atoms with Crippen LogP contribution >= 0.6 is 11.8 Å². The van der Waals surface area contributed by atoms with Crippen molar-refractivity contribution < 1.29 is 19.5 Å². The molecule has 0 spiro atoms. The molecule has 3 rings (SSSR count). The Morgan fingerprint density at radius 2 is 1.93 bits per heavy atom. The van der Waals surface area contributed by atoms with Gasteiger partial charge in [0.05, 0.1) is 12.6 Å². The molecule has 0 radical (unpaired) electrons. The van der Waals surface area contributed by atoms with E-state index in [1.165, 1.54) is 0 Å². The van der Waals surface area contributed by atoms with Crippen molar-refractivity contribution in [2.45, 2.75) is 57.6 Å². The van der Waals surface area contributed by atoms with Gasteiger partial charge in [-0.3, -0.25) is 14.4 Å². The van der Waals surface area contributed by atoms with Crippen molar-refractivity contribution in [1.82, 2.24) is 15.5 Å². The molecule has 0 aliphatic carbocycles. The van der Waals surface area contributed by atoms with Crippen LogP contribution in [0.1, 0.15) is 55.4 Å². The predicted octanol–water partition coefficient (Wildman–Crippen LogP) is 1.92. The number of carbonyl (C=O) groups is 3. The zero-order valence-electron chi connectivity index (χ0n) is 17.9. The van der Waals surface area contributed by atoms with E-state index < -0.39 is 12.1 Å². The van der Waals surface area contributed by atoms with Crippen LogP contribution in [0.25, 0.3) is 0 Å². The van der Waals surface area contributed by atoms with E-state index in [9.17, 15) is 19.5 Å². The standard InChI is InChI=1S/C22H31N3O4S/c1-5-13(4)18(20(28)23-16(10-26)12(2)3)24-19(27)17-11-30-22-15-9-7-6-8-14(15)21(29)25(17)22/h6-9,12-13,16-18,22,26H,5,10-11H2,1-4H3,(H,23,28)(H,24,27)/t13-,16+,17+,18-,22+/m0/s1. The molecule has 1 fully saturated rings. The van der Waals surface area contributed by atoms with Gasteiger partial charge in [0.1, 0.15) is 17.5 Å². The van der Waals surface area contributed by atoms with Crippen LogP contribution in [0.4, 0.5) is 0 Å². The second-order valence-corrected chi connectivity index (χ2v) is 9.53. The fourth-order valence-electron chi connectivity index (χ4n) is 3.89. The lowest BCUT2D eigenvalue weighted by Gasteiger charge is -2.30. The summed E-state index contributed by atoms with van der Waals surface area (Å²) in [5.74, 6) is -0.265. The summed E-state index contributed by atoms with van der Waals surface area (Å²) in [6.45, 7) is 7.56. The lowest BCUT2D eigenvalue weighted by molar-refractivity contribution is -0.132. The summed E-state index contributed by atoms with van der Waals surface area (Å²) >= 11 is 1.57. The van der Waals surface area contributed by atoms with E-state index in [0.717, 1.165) is 5.56 Å². The van der Waals surface area contributed by atoms with Crippen LogP contribution in [0.3, 0.4) is 0 Å². The van der Waals surface area contributed by atoms with Crippen LogP contribution in [0, 0.1) is 11.8 Å². The molecule has 1 aromatic rings. The van der Waals surface area contributed by atoms with Gasteiger partial charge < -0.3 is 20.6 Å². The van der Waals surface area contributed by atoms with Crippen molar-refractivity contribution >= 4 is 29.5 Å².